The molecule has 84 valence electrons. The van der Waals surface area contributed by atoms with Crippen LogP contribution in [0.2, 0.25) is 0 Å². The highest BCUT2D eigenvalue weighted by molar-refractivity contribution is 4.91. The van der Waals surface area contributed by atoms with Crippen LogP contribution in [0.1, 0.15) is 37.6 Å². The van der Waals surface area contributed by atoms with Crippen molar-refractivity contribution in [3.05, 3.63) is 11.7 Å². The van der Waals surface area contributed by atoms with E-state index in [0.717, 1.165) is 19.0 Å². The maximum absolute atomic E-state index is 5.11. The van der Waals surface area contributed by atoms with E-state index in [1.807, 2.05) is 6.92 Å². The summed E-state index contributed by atoms with van der Waals surface area (Å²) in [4.78, 5) is 4.26. The minimum absolute atomic E-state index is 0.0982. The maximum atomic E-state index is 5.11. The zero-order chi connectivity index (χ0) is 10.7. The summed E-state index contributed by atoms with van der Waals surface area (Å²) in [5.74, 6) is 1.31. The Morgan fingerprint density at radius 2 is 2.40 bits per heavy atom. The van der Waals surface area contributed by atoms with Crippen molar-refractivity contribution in [2.75, 3.05) is 13.7 Å². The molecule has 1 aromatic heterocycles. The van der Waals surface area contributed by atoms with Crippen LogP contribution in [0.4, 0.5) is 0 Å². The molecule has 15 heavy (non-hydrogen) atoms. The number of rotatable bonds is 6. The Hall–Kier alpha value is -0.940. The van der Waals surface area contributed by atoms with Gasteiger partial charge in [0, 0.05) is 26.1 Å². The van der Waals surface area contributed by atoms with E-state index in [2.05, 4.69) is 15.5 Å². The van der Waals surface area contributed by atoms with Gasteiger partial charge in [0.05, 0.1) is 0 Å². The standard InChI is InChI=1S/C10H17N3O2/c1-7(14-2)10-12-9(15-13-10)5-6-11-8-3-4-8/h7-8,11H,3-6H2,1-2H3. The summed E-state index contributed by atoms with van der Waals surface area (Å²) >= 11 is 0. The lowest BCUT2D eigenvalue weighted by atomic mass is 10.4. The van der Waals surface area contributed by atoms with Gasteiger partial charge in [-0.05, 0) is 19.8 Å². The second kappa shape index (κ2) is 4.72. The Bertz CT molecular complexity index is 309. The monoisotopic (exact) mass is 211 g/mol. The third-order valence-electron chi connectivity index (χ3n) is 2.55. The van der Waals surface area contributed by atoms with Crippen LogP contribution in [-0.4, -0.2) is 29.8 Å². The normalized spacial score (nSPS) is 18.0. The fraction of sp³-hybridized carbons (Fsp3) is 0.800. The summed E-state index contributed by atoms with van der Waals surface area (Å²) in [6.45, 7) is 2.81. The zero-order valence-corrected chi connectivity index (χ0v) is 9.19. The fourth-order valence-corrected chi connectivity index (χ4v) is 1.31. The van der Waals surface area contributed by atoms with Crippen LogP contribution < -0.4 is 5.32 Å². The molecular formula is C10H17N3O2. The quantitative estimate of drug-likeness (QED) is 0.762. The Balaban J connectivity index is 1.77. The molecule has 0 amide bonds. The number of hydrogen-bond acceptors (Lipinski definition) is 5. The lowest BCUT2D eigenvalue weighted by molar-refractivity contribution is 0.109. The summed E-state index contributed by atoms with van der Waals surface area (Å²) in [6, 6.07) is 0.727. The van der Waals surface area contributed by atoms with Crippen LogP contribution in [0.25, 0.3) is 0 Å². The number of aromatic nitrogens is 2. The van der Waals surface area contributed by atoms with E-state index < -0.39 is 0 Å². The van der Waals surface area contributed by atoms with Crippen LogP contribution in [0.5, 0.6) is 0 Å². The van der Waals surface area contributed by atoms with Gasteiger partial charge in [-0.25, -0.2) is 0 Å². The summed E-state index contributed by atoms with van der Waals surface area (Å²) in [5, 5.41) is 7.26. The number of hydrogen-bond donors (Lipinski definition) is 1. The molecule has 0 saturated heterocycles. The van der Waals surface area contributed by atoms with E-state index in [-0.39, 0.29) is 6.10 Å². The average Bonchev–Trinajstić information content (AvgIpc) is 2.94. The maximum Gasteiger partial charge on any atom is 0.228 e. The van der Waals surface area contributed by atoms with Crippen molar-refractivity contribution < 1.29 is 9.26 Å². The molecule has 1 fully saturated rings. The molecule has 1 atom stereocenters. The fourth-order valence-electron chi connectivity index (χ4n) is 1.31. The topological polar surface area (TPSA) is 60.2 Å². The third-order valence-corrected chi connectivity index (χ3v) is 2.55. The highest BCUT2D eigenvalue weighted by Gasteiger charge is 2.20. The molecule has 1 saturated carbocycles. The number of ether oxygens (including phenoxy) is 1. The SMILES string of the molecule is COC(C)c1noc(CCNC2CC2)n1. The minimum Gasteiger partial charge on any atom is -0.374 e. The van der Waals surface area contributed by atoms with E-state index in [0.29, 0.717) is 11.7 Å². The minimum atomic E-state index is -0.0982. The number of methoxy groups -OCH3 is 1. The zero-order valence-electron chi connectivity index (χ0n) is 9.19. The summed E-state index contributed by atoms with van der Waals surface area (Å²) in [5.41, 5.74) is 0. The predicted octanol–water partition coefficient (Wildman–Crippen LogP) is 1.07. The molecule has 1 aromatic rings. The van der Waals surface area contributed by atoms with Crippen LogP contribution in [0.3, 0.4) is 0 Å². The molecule has 1 N–H and O–H groups in total. The first-order chi connectivity index (χ1) is 7.29. The molecule has 0 aromatic carbocycles. The van der Waals surface area contributed by atoms with Crippen LogP contribution >= 0.6 is 0 Å². The van der Waals surface area contributed by atoms with E-state index in [9.17, 15) is 0 Å². The van der Waals surface area contributed by atoms with Crippen molar-refractivity contribution in [2.45, 2.75) is 38.3 Å². The Labute approximate surface area is 89.2 Å². The smallest absolute Gasteiger partial charge is 0.228 e. The van der Waals surface area contributed by atoms with Gasteiger partial charge in [0.2, 0.25) is 5.89 Å². The van der Waals surface area contributed by atoms with E-state index in [1.54, 1.807) is 7.11 Å². The molecule has 5 heteroatoms. The predicted molar refractivity (Wildman–Crippen MR) is 54.5 cm³/mol. The summed E-state index contributed by atoms with van der Waals surface area (Å²) in [6.07, 6.45) is 3.30. The van der Waals surface area contributed by atoms with Gasteiger partial charge in [0.1, 0.15) is 6.10 Å². The number of nitrogens with zero attached hydrogens (tertiary/aromatic N) is 2. The second-order valence-corrected chi connectivity index (χ2v) is 3.90. The van der Waals surface area contributed by atoms with Crippen LogP contribution in [0.15, 0.2) is 4.52 Å². The Morgan fingerprint density at radius 3 is 3.07 bits per heavy atom. The lowest BCUT2D eigenvalue weighted by Crippen LogP contribution is -2.19. The van der Waals surface area contributed by atoms with Gasteiger partial charge in [0.15, 0.2) is 5.82 Å². The Kier molecular flexibility index (Phi) is 3.33. The first-order valence-electron chi connectivity index (χ1n) is 5.38. The van der Waals surface area contributed by atoms with Crippen molar-refractivity contribution in [1.29, 1.82) is 0 Å². The third kappa shape index (κ3) is 3.00. The number of nitrogens with one attached hydrogen (secondary N) is 1. The Morgan fingerprint density at radius 1 is 1.60 bits per heavy atom. The molecule has 1 aliphatic carbocycles. The molecule has 1 heterocycles. The first kappa shape index (κ1) is 10.6. The molecule has 1 unspecified atom stereocenters. The first-order valence-corrected chi connectivity index (χ1v) is 5.38. The van der Waals surface area contributed by atoms with E-state index in [1.165, 1.54) is 12.8 Å². The van der Waals surface area contributed by atoms with Crippen molar-refractivity contribution in [3.63, 3.8) is 0 Å². The van der Waals surface area contributed by atoms with Gasteiger partial charge in [-0.2, -0.15) is 4.98 Å². The van der Waals surface area contributed by atoms with Crippen LogP contribution in [0, 0.1) is 0 Å². The van der Waals surface area contributed by atoms with Gasteiger partial charge in [0.25, 0.3) is 0 Å². The van der Waals surface area contributed by atoms with Gasteiger partial charge in [-0.15, -0.1) is 0 Å². The van der Waals surface area contributed by atoms with E-state index in [4.69, 9.17) is 9.26 Å². The molecule has 0 bridgehead atoms. The molecule has 0 aliphatic heterocycles. The van der Waals surface area contributed by atoms with Gasteiger partial charge < -0.3 is 14.6 Å². The van der Waals surface area contributed by atoms with Gasteiger partial charge >= 0.3 is 0 Å². The largest absolute Gasteiger partial charge is 0.374 e. The molecule has 2 rings (SSSR count). The van der Waals surface area contributed by atoms with Gasteiger partial charge in [-0.3, -0.25) is 0 Å². The molecule has 1 aliphatic rings. The van der Waals surface area contributed by atoms with Crippen molar-refractivity contribution in [1.82, 2.24) is 15.5 Å². The molecule has 5 nitrogen and oxygen atoms in total. The van der Waals surface area contributed by atoms with E-state index >= 15 is 0 Å². The second-order valence-electron chi connectivity index (χ2n) is 3.90. The molecule has 0 spiro atoms. The highest BCUT2D eigenvalue weighted by Crippen LogP contribution is 2.18. The lowest BCUT2D eigenvalue weighted by Gasteiger charge is -2.01. The summed E-state index contributed by atoms with van der Waals surface area (Å²) in [7, 11) is 1.63. The summed E-state index contributed by atoms with van der Waals surface area (Å²) < 4.78 is 10.2. The molecular weight excluding hydrogens is 194 g/mol. The van der Waals surface area contributed by atoms with Crippen molar-refractivity contribution in [2.24, 2.45) is 0 Å². The van der Waals surface area contributed by atoms with Crippen molar-refractivity contribution in [3.8, 4) is 0 Å². The average molecular weight is 211 g/mol. The van der Waals surface area contributed by atoms with Crippen LogP contribution in [-0.2, 0) is 11.2 Å². The van der Waals surface area contributed by atoms with Crippen molar-refractivity contribution >= 4 is 0 Å². The van der Waals surface area contributed by atoms with Gasteiger partial charge in [-0.1, -0.05) is 5.16 Å². The molecule has 0 radical (unpaired) electrons. The highest BCUT2D eigenvalue weighted by atomic mass is 16.5.